The van der Waals surface area contributed by atoms with Crippen molar-refractivity contribution in [2.24, 2.45) is 4.99 Å². The minimum absolute atomic E-state index is 0. The molecule has 0 radical (unpaired) electrons. The number of nitrogens with one attached hydrogen (secondary N) is 2. The summed E-state index contributed by atoms with van der Waals surface area (Å²) in [6.45, 7) is 8.49. The van der Waals surface area contributed by atoms with Crippen molar-refractivity contribution in [1.82, 2.24) is 20.4 Å². The van der Waals surface area contributed by atoms with Crippen LogP contribution in [0.25, 0.3) is 0 Å². The zero-order valence-corrected chi connectivity index (χ0v) is 19.9. The number of nitrogens with zero attached hydrogens (tertiary/aromatic N) is 4. The SMILES string of the molecule is CCNC(=NCCn1cc(C)cn1)NC1CCCN(c2cccc(OC)c2)C1.I. The number of methoxy groups -OCH3 is 1. The number of hydrogen-bond acceptors (Lipinski definition) is 4. The number of ether oxygens (including phenoxy) is 1. The monoisotopic (exact) mass is 512 g/mol. The number of hydrogen-bond donors (Lipinski definition) is 2. The lowest BCUT2D eigenvalue weighted by molar-refractivity contribution is 0.414. The van der Waals surface area contributed by atoms with Gasteiger partial charge in [-0.2, -0.15) is 5.10 Å². The van der Waals surface area contributed by atoms with Gasteiger partial charge in [0, 0.05) is 43.6 Å². The molecule has 3 rings (SSSR count). The Kier molecular flexibility index (Phi) is 9.56. The lowest BCUT2D eigenvalue weighted by atomic mass is 10.0. The number of aromatic nitrogens is 2. The highest BCUT2D eigenvalue weighted by Gasteiger charge is 2.21. The van der Waals surface area contributed by atoms with Crippen molar-refractivity contribution in [2.75, 3.05) is 38.2 Å². The Bertz CT molecular complexity index is 778. The standard InChI is InChI=1S/C21H32N6O.HI/c1-4-22-21(23-10-12-27-15-17(2)14-24-27)25-18-7-6-11-26(16-18)19-8-5-9-20(13-19)28-3;/h5,8-9,13-15,18H,4,6-7,10-12,16H2,1-3H3,(H2,22,23,25);1H. The Morgan fingerprint density at radius 2 is 2.24 bits per heavy atom. The maximum atomic E-state index is 5.37. The number of halogens is 1. The molecule has 0 saturated carbocycles. The number of aliphatic imine (C=N–C) groups is 1. The third-order valence-corrected chi connectivity index (χ3v) is 4.89. The van der Waals surface area contributed by atoms with Gasteiger partial charge in [0.05, 0.1) is 26.4 Å². The molecule has 0 amide bonds. The van der Waals surface area contributed by atoms with Crippen LogP contribution < -0.4 is 20.3 Å². The van der Waals surface area contributed by atoms with Gasteiger partial charge in [-0.25, -0.2) is 0 Å². The van der Waals surface area contributed by atoms with Gasteiger partial charge in [-0.1, -0.05) is 6.07 Å². The summed E-state index contributed by atoms with van der Waals surface area (Å²) in [6.07, 6.45) is 6.22. The molecule has 1 unspecified atom stereocenters. The molecule has 8 heteroatoms. The van der Waals surface area contributed by atoms with E-state index in [0.717, 1.165) is 50.7 Å². The Balaban J connectivity index is 0.00000300. The first-order chi connectivity index (χ1) is 13.7. The molecule has 7 nitrogen and oxygen atoms in total. The Morgan fingerprint density at radius 3 is 2.97 bits per heavy atom. The Morgan fingerprint density at radius 1 is 1.38 bits per heavy atom. The minimum Gasteiger partial charge on any atom is -0.497 e. The first-order valence-corrected chi connectivity index (χ1v) is 10.1. The molecule has 1 aromatic heterocycles. The van der Waals surface area contributed by atoms with E-state index in [2.05, 4.69) is 46.6 Å². The molecular weight excluding hydrogens is 479 g/mol. The highest BCUT2D eigenvalue weighted by Crippen LogP contribution is 2.24. The lowest BCUT2D eigenvalue weighted by Gasteiger charge is -2.35. The van der Waals surface area contributed by atoms with Crippen LogP contribution in [-0.2, 0) is 6.54 Å². The molecule has 1 saturated heterocycles. The van der Waals surface area contributed by atoms with Crippen LogP contribution >= 0.6 is 24.0 Å². The molecular formula is C21H33IN6O. The summed E-state index contributed by atoms with van der Waals surface area (Å²) in [5.41, 5.74) is 2.38. The van der Waals surface area contributed by atoms with E-state index in [1.807, 2.05) is 29.2 Å². The molecule has 160 valence electrons. The third kappa shape index (κ3) is 7.09. The summed E-state index contributed by atoms with van der Waals surface area (Å²) in [6, 6.07) is 8.66. The number of anilines is 1. The number of aryl methyl sites for hydroxylation is 1. The molecule has 1 aliphatic rings. The summed E-state index contributed by atoms with van der Waals surface area (Å²) >= 11 is 0. The van der Waals surface area contributed by atoms with Gasteiger partial charge in [0.15, 0.2) is 5.96 Å². The van der Waals surface area contributed by atoms with E-state index in [0.29, 0.717) is 12.6 Å². The fourth-order valence-electron chi connectivity index (χ4n) is 3.50. The van der Waals surface area contributed by atoms with Crippen LogP contribution in [-0.4, -0.2) is 55.1 Å². The largest absolute Gasteiger partial charge is 0.497 e. The van der Waals surface area contributed by atoms with Crippen molar-refractivity contribution >= 4 is 35.6 Å². The second kappa shape index (κ2) is 11.9. The fourth-order valence-corrected chi connectivity index (χ4v) is 3.50. The van der Waals surface area contributed by atoms with E-state index in [1.165, 1.54) is 11.3 Å². The molecule has 1 atom stereocenters. The highest BCUT2D eigenvalue weighted by molar-refractivity contribution is 14.0. The number of guanidine groups is 1. The van der Waals surface area contributed by atoms with Crippen LogP contribution in [0.1, 0.15) is 25.3 Å². The van der Waals surface area contributed by atoms with Crippen molar-refractivity contribution < 1.29 is 4.74 Å². The first-order valence-electron chi connectivity index (χ1n) is 10.1. The summed E-state index contributed by atoms with van der Waals surface area (Å²) in [7, 11) is 1.71. The summed E-state index contributed by atoms with van der Waals surface area (Å²) < 4.78 is 7.31. The molecule has 1 aromatic carbocycles. The van der Waals surface area contributed by atoms with Crippen LogP contribution in [0.3, 0.4) is 0 Å². The van der Waals surface area contributed by atoms with Crippen LogP contribution in [0.4, 0.5) is 5.69 Å². The van der Waals surface area contributed by atoms with Gasteiger partial charge in [-0.3, -0.25) is 9.67 Å². The molecule has 2 aromatic rings. The second-order valence-corrected chi connectivity index (χ2v) is 7.17. The number of rotatable bonds is 7. The normalized spacial score (nSPS) is 16.9. The van der Waals surface area contributed by atoms with Gasteiger partial charge in [0.1, 0.15) is 5.75 Å². The van der Waals surface area contributed by atoms with Crippen LogP contribution in [0.5, 0.6) is 5.75 Å². The molecule has 0 spiro atoms. The van der Waals surface area contributed by atoms with Crippen molar-refractivity contribution in [3.05, 3.63) is 42.2 Å². The topological polar surface area (TPSA) is 66.7 Å². The minimum atomic E-state index is 0. The predicted octanol–water partition coefficient (Wildman–Crippen LogP) is 3.04. The number of benzene rings is 1. The van der Waals surface area contributed by atoms with E-state index in [1.54, 1.807) is 7.11 Å². The van der Waals surface area contributed by atoms with Crippen LogP contribution in [0, 0.1) is 6.92 Å². The van der Waals surface area contributed by atoms with E-state index < -0.39 is 0 Å². The maximum absolute atomic E-state index is 5.37. The van der Waals surface area contributed by atoms with E-state index in [9.17, 15) is 0 Å². The van der Waals surface area contributed by atoms with Gasteiger partial charge < -0.3 is 20.3 Å². The molecule has 29 heavy (non-hydrogen) atoms. The quantitative estimate of drug-likeness (QED) is 0.339. The highest BCUT2D eigenvalue weighted by atomic mass is 127. The fraction of sp³-hybridized carbons (Fsp3) is 0.524. The molecule has 2 heterocycles. The average Bonchev–Trinajstić information content (AvgIpc) is 3.13. The predicted molar refractivity (Wildman–Crippen MR) is 130 cm³/mol. The summed E-state index contributed by atoms with van der Waals surface area (Å²) in [5.74, 6) is 1.78. The molecule has 0 aliphatic carbocycles. The van der Waals surface area contributed by atoms with Gasteiger partial charge in [0.25, 0.3) is 0 Å². The van der Waals surface area contributed by atoms with Gasteiger partial charge in [-0.05, 0) is 44.4 Å². The van der Waals surface area contributed by atoms with E-state index in [-0.39, 0.29) is 24.0 Å². The van der Waals surface area contributed by atoms with Gasteiger partial charge >= 0.3 is 0 Å². The first kappa shape index (κ1) is 23.3. The summed E-state index contributed by atoms with van der Waals surface area (Å²) in [4.78, 5) is 7.15. The Hall–Kier alpha value is -1.97. The van der Waals surface area contributed by atoms with Gasteiger partial charge in [-0.15, -0.1) is 24.0 Å². The maximum Gasteiger partial charge on any atom is 0.191 e. The van der Waals surface area contributed by atoms with Crippen LogP contribution in [0.15, 0.2) is 41.7 Å². The Labute approximate surface area is 190 Å². The van der Waals surface area contributed by atoms with Crippen molar-refractivity contribution in [3.8, 4) is 5.75 Å². The van der Waals surface area contributed by atoms with Gasteiger partial charge in [0.2, 0.25) is 0 Å². The van der Waals surface area contributed by atoms with Crippen molar-refractivity contribution in [1.29, 1.82) is 0 Å². The molecule has 1 fully saturated rings. The smallest absolute Gasteiger partial charge is 0.191 e. The second-order valence-electron chi connectivity index (χ2n) is 7.17. The molecule has 0 bridgehead atoms. The number of piperidine rings is 1. The lowest BCUT2D eigenvalue weighted by Crippen LogP contribution is -2.51. The van der Waals surface area contributed by atoms with Crippen LogP contribution in [0.2, 0.25) is 0 Å². The third-order valence-electron chi connectivity index (χ3n) is 4.89. The molecule has 2 N–H and O–H groups in total. The molecule has 1 aliphatic heterocycles. The zero-order chi connectivity index (χ0) is 19.8. The zero-order valence-electron chi connectivity index (χ0n) is 17.6. The van der Waals surface area contributed by atoms with E-state index >= 15 is 0 Å². The van der Waals surface area contributed by atoms with E-state index in [4.69, 9.17) is 9.73 Å². The van der Waals surface area contributed by atoms with Crippen molar-refractivity contribution in [3.63, 3.8) is 0 Å². The van der Waals surface area contributed by atoms with Crippen molar-refractivity contribution in [2.45, 2.75) is 39.3 Å². The summed E-state index contributed by atoms with van der Waals surface area (Å²) in [5, 5.41) is 11.3. The average molecular weight is 512 g/mol.